The van der Waals surface area contributed by atoms with Gasteiger partial charge in [0.25, 0.3) is 0 Å². The summed E-state index contributed by atoms with van der Waals surface area (Å²) in [7, 11) is 6.09. The van der Waals surface area contributed by atoms with Gasteiger partial charge in [0.05, 0.1) is 37.2 Å². The van der Waals surface area contributed by atoms with Crippen LogP contribution < -0.4 is 30.7 Å². The van der Waals surface area contributed by atoms with Gasteiger partial charge >= 0.3 is 12.1 Å². The molecule has 228 valence electrons. The van der Waals surface area contributed by atoms with E-state index in [4.69, 9.17) is 44.7 Å². The molecule has 2 aromatic carbocycles. The van der Waals surface area contributed by atoms with Crippen LogP contribution in [0.4, 0.5) is 18.9 Å². The number of rotatable bonds is 14. The number of benzene rings is 2. The summed E-state index contributed by atoms with van der Waals surface area (Å²) < 4.78 is 72.5. The first-order chi connectivity index (χ1) is 19.5. The van der Waals surface area contributed by atoms with E-state index < -0.39 is 24.6 Å². The maximum atomic E-state index is 13.1. The van der Waals surface area contributed by atoms with E-state index >= 15 is 0 Å². The van der Waals surface area contributed by atoms with Gasteiger partial charge in [-0.15, -0.1) is 0 Å². The summed E-state index contributed by atoms with van der Waals surface area (Å²) in [6.45, 7) is 1.48. The first kappa shape index (κ1) is 32.2. The van der Waals surface area contributed by atoms with Gasteiger partial charge < -0.3 is 39.0 Å². The topological polar surface area (TPSA) is 140 Å². The van der Waals surface area contributed by atoms with Crippen LogP contribution in [0.15, 0.2) is 30.3 Å². The molecule has 4 N–H and O–H groups in total. The minimum Gasteiger partial charge on any atom is -0.491 e. The second-order valence-electron chi connectivity index (χ2n) is 8.82. The first-order valence-corrected chi connectivity index (χ1v) is 12.5. The van der Waals surface area contributed by atoms with Gasteiger partial charge in [-0.05, 0) is 18.7 Å². The summed E-state index contributed by atoms with van der Waals surface area (Å²) in [5.74, 6) is -1.33. The van der Waals surface area contributed by atoms with Gasteiger partial charge in [0.15, 0.2) is 6.29 Å². The lowest BCUT2D eigenvalue weighted by molar-refractivity contribution is -0.204. The third-order valence-corrected chi connectivity index (χ3v) is 6.07. The highest BCUT2D eigenvalue weighted by atomic mass is 19.4. The van der Waals surface area contributed by atoms with E-state index in [1.807, 2.05) is 0 Å². The zero-order chi connectivity index (χ0) is 30.2. The Labute approximate surface area is 235 Å². The molecule has 0 saturated heterocycles. The molecular weight excluding hydrogens is 553 g/mol. The van der Waals surface area contributed by atoms with Crippen LogP contribution in [0.3, 0.4) is 0 Å². The number of carbonyl (C=O) groups is 1. The van der Waals surface area contributed by atoms with Crippen LogP contribution in [0.1, 0.15) is 11.7 Å². The molecule has 0 radical (unpaired) electrons. The van der Waals surface area contributed by atoms with Crippen molar-refractivity contribution in [2.24, 2.45) is 11.5 Å². The molecular formula is C26H35F3N4O8. The van der Waals surface area contributed by atoms with Crippen molar-refractivity contribution in [2.45, 2.75) is 18.6 Å². The highest BCUT2D eigenvalue weighted by Gasteiger charge is 2.45. The van der Waals surface area contributed by atoms with Crippen molar-refractivity contribution in [3.63, 3.8) is 0 Å². The Morgan fingerprint density at radius 1 is 0.854 bits per heavy atom. The average Bonchev–Trinajstić information content (AvgIpc) is 2.93. The largest absolute Gasteiger partial charge is 0.493 e. The van der Waals surface area contributed by atoms with E-state index in [1.165, 1.54) is 32.2 Å². The molecule has 1 aliphatic rings. The van der Waals surface area contributed by atoms with Crippen LogP contribution in [0.25, 0.3) is 11.1 Å². The zero-order valence-corrected chi connectivity index (χ0v) is 23.2. The third kappa shape index (κ3) is 7.90. The van der Waals surface area contributed by atoms with Gasteiger partial charge in [0, 0.05) is 39.0 Å². The minimum atomic E-state index is -5.25. The predicted octanol–water partition coefficient (Wildman–Crippen LogP) is 2.40. The van der Waals surface area contributed by atoms with Crippen molar-refractivity contribution in [3.05, 3.63) is 35.9 Å². The summed E-state index contributed by atoms with van der Waals surface area (Å²) >= 11 is 0. The predicted molar refractivity (Wildman–Crippen MR) is 141 cm³/mol. The van der Waals surface area contributed by atoms with Crippen molar-refractivity contribution in [3.8, 4) is 28.4 Å². The second kappa shape index (κ2) is 14.5. The summed E-state index contributed by atoms with van der Waals surface area (Å²) in [6.07, 6.45) is -7.37. The van der Waals surface area contributed by atoms with Crippen LogP contribution in [-0.4, -0.2) is 91.4 Å². The number of nitrogens with two attached hydrogens (primary N) is 2. The van der Waals surface area contributed by atoms with Crippen LogP contribution in [-0.2, 0) is 23.8 Å². The number of hydrogen-bond acceptors (Lipinski definition) is 12. The molecule has 2 aromatic rings. The molecule has 0 aliphatic carbocycles. The quantitative estimate of drug-likeness (QED) is 0.313. The number of carbonyl (C=O) groups excluding carboxylic acids is 1. The maximum absolute atomic E-state index is 13.1. The molecule has 1 heterocycles. The monoisotopic (exact) mass is 588 g/mol. The van der Waals surface area contributed by atoms with Gasteiger partial charge in [-0.1, -0.05) is 12.1 Å². The fourth-order valence-electron chi connectivity index (χ4n) is 3.95. The molecule has 2 atom stereocenters. The molecule has 0 spiro atoms. The number of hydrogen-bond donors (Lipinski definition) is 2. The van der Waals surface area contributed by atoms with E-state index in [0.29, 0.717) is 45.6 Å². The number of nitrogens with zero attached hydrogens (tertiary/aromatic N) is 2. The van der Waals surface area contributed by atoms with E-state index in [1.54, 1.807) is 31.4 Å². The van der Waals surface area contributed by atoms with Crippen molar-refractivity contribution < 1.29 is 51.2 Å². The van der Waals surface area contributed by atoms with Crippen LogP contribution >= 0.6 is 0 Å². The summed E-state index contributed by atoms with van der Waals surface area (Å²) in [6, 6.07) is 8.10. The number of ether oxygens (including phenoxy) is 6. The molecule has 0 aromatic heterocycles. The molecule has 0 amide bonds. The SMILES string of the molecule is COCCOc1cc(OCCOC)c(-c2ccc3c(c2)N(OC(=O)C(F)(F)F)C(N)N(C)C3N)c(OCCOC)c1. The van der Waals surface area contributed by atoms with Crippen molar-refractivity contribution in [2.75, 3.05) is 73.1 Å². The van der Waals surface area contributed by atoms with Gasteiger partial charge in [0.2, 0.25) is 0 Å². The Morgan fingerprint density at radius 3 is 1.90 bits per heavy atom. The number of fused-ring (bicyclic) bond motifs is 1. The molecule has 0 fully saturated rings. The fourth-order valence-corrected chi connectivity index (χ4v) is 3.95. The zero-order valence-electron chi connectivity index (χ0n) is 23.2. The molecule has 0 saturated carbocycles. The van der Waals surface area contributed by atoms with E-state index in [0.717, 1.165) is 0 Å². The molecule has 0 bridgehead atoms. The number of alkyl halides is 3. The Balaban J connectivity index is 2.16. The van der Waals surface area contributed by atoms with Crippen molar-refractivity contribution in [1.29, 1.82) is 0 Å². The average molecular weight is 589 g/mol. The molecule has 2 unspecified atom stereocenters. The first-order valence-electron chi connectivity index (χ1n) is 12.5. The van der Waals surface area contributed by atoms with Crippen molar-refractivity contribution >= 4 is 11.7 Å². The molecule has 41 heavy (non-hydrogen) atoms. The Hall–Kier alpha value is -3.34. The number of hydroxylamine groups is 1. The number of methoxy groups -OCH3 is 3. The molecule has 3 rings (SSSR count). The van der Waals surface area contributed by atoms with Crippen molar-refractivity contribution in [1.82, 2.24) is 4.90 Å². The standard InChI is InChI=1S/C26H35F3N4O8/c1-32-23(30)18-6-5-16(13-19(18)33(25(32)31)41-24(34)26(27,28)29)22-20(39-11-8-36-3)14-17(38-10-7-35-2)15-21(22)40-12-9-37-4/h5-6,13-15,23,25H,7-12,30-31H2,1-4H3. The van der Waals surface area contributed by atoms with Gasteiger partial charge in [-0.2, -0.15) is 18.2 Å². The number of anilines is 1. The smallest absolute Gasteiger partial charge is 0.491 e. The minimum absolute atomic E-state index is 0.0595. The van der Waals surface area contributed by atoms with Gasteiger partial charge in [-0.25, -0.2) is 4.79 Å². The lowest BCUT2D eigenvalue weighted by Gasteiger charge is -2.43. The Bertz CT molecular complexity index is 1140. The fraction of sp³-hybridized carbons (Fsp3) is 0.500. The van der Waals surface area contributed by atoms with Gasteiger partial charge in [-0.3, -0.25) is 10.6 Å². The third-order valence-electron chi connectivity index (χ3n) is 6.07. The van der Waals surface area contributed by atoms with E-state index in [9.17, 15) is 18.0 Å². The molecule has 15 heteroatoms. The second-order valence-corrected chi connectivity index (χ2v) is 8.82. The van der Waals surface area contributed by atoms with Crippen LogP contribution in [0, 0.1) is 0 Å². The van der Waals surface area contributed by atoms with E-state index in [-0.39, 0.29) is 38.7 Å². The lowest BCUT2D eigenvalue weighted by atomic mass is 9.97. The molecule has 1 aliphatic heterocycles. The summed E-state index contributed by atoms with van der Waals surface area (Å²) in [4.78, 5) is 17.9. The summed E-state index contributed by atoms with van der Waals surface area (Å²) in [5.41, 5.74) is 13.8. The summed E-state index contributed by atoms with van der Waals surface area (Å²) in [5, 5.41) is 0.678. The van der Waals surface area contributed by atoms with Gasteiger partial charge in [0.1, 0.15) is 37.1 Å². The Kier molecular flexibility index (Phi) is 11.4. The highest BCUT2D eigenvalue weighted by Crippen LogP contribution is 2.45. The van der Waals surface area contributed by atoms with Crippen LogP contribution in [0.5, 0.6) is 17.2 Å². The molecule has 12 nitrogen and oxygen atoms in total. The lowest BCUT2D eigenvalue weighted by Crippen LogP contribution is -2.60. The maximum Gasteiger partial charge on any atom is 0.493 e. The van der Waals surface area contributed by atoms with Crippen LogP contribution in [0.2, 0.25) is 0 Å². The highest BCUT2D eigenvalue weighted by molar-refractivity contribution is 5.82. The Morgan fingerprint density at radius 2 is 1.39 bits per heavy atom. The normalized spacial score (nSPS) is 17.2. The van der Waals surface area contributed by atoms with E-state index in [2.05, 4.69) is 0 Å². The number of halogens is 3.